The van der Waals surface area contributed by atoms with Gasteiger partial charge in [0.25, 0.3) is 11.8 Å². The zero-order valence-corrected chi connectivity index (χ0v) is 26.0. The van der Waals surface area contributed by atoms with Crippen molar-refractivity contribution >= 4 is 59.6 Å². The van der Waals surface area contributed by atoms with Crippen molar-refractivity contribution in [3.8, 4) is 0 Å². The Morgan fingerprint density at radius 2 is 1.70 bits per heavy atom. The first-order valence-electron chi connectivity index (χ1n) is 14.6. The zero-order valence-electron chi connectivity index (χ0n) is 24.3. The Labute approximate surface area is 256 Å². The topological polar surface area (TPSA) is 90.3 Å². The molecule has 0 saturated carbocycles. The van der Waals surface area contributed by atoms with E-state index in [1.165, 1.54) is 0 Å². The van der Waals surface area contributed by atoms with Crippen LogP contribution in [0.3, 0.4) is 0 Å². The first-order valence-corrected chi connectivity index (χ1v) is 18.0. The number of amides is 2. The predicted octanol–water partition coefficient (Wildman–Crippen LogP) is 6.51. The third-order valence-corrected chi connectivity index (χ3v) is 12.2. The molecule has 0 unspecified atom stereocenters. The Hall–Kier alpha value is -3.53. The highest BCUT2D eigenvalue weighted by molar-refractivity contribution is 6.71. The van der Waals surface area contributed by atoms with E-state index in [0.29, 0.717) is 29.1 Å². The van der Waals surface area contributed by atoms with Crippen LogP contribution in [0.5, 0.6) is 0 Å². The number of carbonyl (C=O) groups is 2. The van der Waals surface area contributed by atoms with Crippen molar-refractivity contribution in [1.29, 1.82) is 0 Å². The van der Waals surface area contributed by atoms with Crippen LogP contribution in [-0.2, 0) is 21.7 Å². The molecule has 220 valence electrons. The molecule has 0 radical (unpaired) electrons. The van der Waals surface area contributed by atoms with E-state index >= 15 is 0 Å². The van der Waals surface area contributed by atoms with E-state index in [-0.39, 0.29) is 29.9 Å². The molecule has 43 heavy (non-hydrogen) atoms. The highest BCUT2D eigenvalue weighted by atomic mass is 35.5. The molecule has 2 N–H and O–H groups in total. The van der Waals surface area contributed by atoms with Crippen LogP contribution in [0.15, 0.2) is 78.9 Å². The average molecular weight is 613 g/mol. The van der Waals surface area contributed by atoms with Gasteiger partial charge in [-0.15, -0.1) is 0 Å². The van der Waals surface area contributed by atoms with Crippen LogP contribution in [0, 0.1) is 5.92 Å². The summed E-state index contributed by atoms with van der Waals surface area (Å²) in [7, 11) is -2.78. The molecule has 4 atom stereocenters. The summed E-state index contributed by atoms with van der Waals surface area (Å²) in [5, 5.41) is 12.3. The average Bonchev–Trinajstić information content (AvgIpc) is 3.52. The number of anilines is 3. The van der Waals surface area contributed by atoms with Gasteiger partial charge in [-0.1, -0.05) is 54.9 Å². The molecule has 9 heteroatoms. The van der Waals surface area contributed by atoms with E-state index in [0.717, 1.165) is 33.4 Å². The Bertz CT molecular complexity index is 1780. The number of benzene rings is 4. The first-order chi connectivity index (χ1) is 20.6. The van der Waals surface area contributed by atoms with E-state index in [1.54, 1.807) is 21.9 Å². The van der Waals surface area contributed by atoms with Gasteiger partial charge in [-0.25, -0.2) is 0 Å². The van der Waals surface area contributed by atoms with Gasteiger partial charge in [-0.2, -0.15) is 0 Å². The summed E-state index contributed by atoms with van der Waals surface area (Å²) in [6.07, 6.45) is -0.112. The minimum absolute atomic E-state index is 0.0586. The van der Waals surface area contributed by atoms with Crippen LogP contribution in [0.25, 0.3) is 10.8 Å². The fraction of sp³-hybridized carbons (Fsp3) is 0.294. The van der Waals surface area contributed by atoms with Crippen LogP contribution < -0.4 is 9.80 Å². The molecule has 1 fully saturated rings. The second kappa shape index (κ2) is 10.0. The predicted molar refractivity (Wildman–Crippen MR) is 170 cm³/mol. The van der Waals surface area contributed by atoms with Crippen molar-refractivity contribution in [2.75, 3.05) is 16.4 Å². The molecule has 3 aliphatic rings. The van der Waals surface area contributed by atoms with Crippen LogP contribution in [0.4, 0.5) is 17.1 Å². The van der Waals surface area contributed by atoms with E-state index < -0.39 is 20.0 Å². The van der Waals surface area contributed by atoms with Crippen LogP contribution in [0.2, 0.25) is 23.7 Å². The summed E-state index contributed by atoms with van der Waals surface area (Å²) in [5.41, 5.74) is 3.08. The standard InChI is InChI=1S/C34H33ClN2O5Si/c1-20-31(43(2,3)41)29(16-17-38)42-34(20)26-18-23(35)12-15-27(26)36(33(34)40)19-21-10-13-24(14-11-21)37-28-9-5-7-22-6-4-8-25(30(22)28)32(37)39/h4-15,18,20,29,31,38,41H,16-17,19H2,1-3H3/t20-,29+,31-,34+/m1/s1. The molecule has 3 aliphatic heterocycles. The molecule has 2 amide bonds. The number of fused-ring (bicyclic) bond motifs is 2. The maximum absolute atomic E-state index is 14.5. The second-order valence-corrected chi connectivity index (χ2v) is 16.8. The van der Waals surface area contributed by atoms with Gasteiger partial charge in [0.1, 0.15) is 0 Å². The molecule has 3 heterocycles. The lowest BCUT2D eigenvalue weighted by molar-refractivity contribution is -0.146. The van der Waals surface area contributed by atoms with Gasteiger partial charge < -0.3 is 19.5 Å². The zero-order chi connectivity index (χ0) is 30.3. The molecular weight excluding hydrogens is 580 g/mol. The molecule has 4 aromatic rings. The van der Waals surface area contributed by atoms with Crippen LogP contribution in [-0.4, -0.2) is 42.7 Å². The van der Waals surface area contributed by atoms with Gasteiger partial charge in [0.15, 0.2) is 13.9 Å². The maximum atomic E-state index is 14.5. The monoisotopic (exact) mass is 612 g/mol. The fourth-order valence-corrected chi connectivity index (χ4v) is 10.5. The van der Waals surface area contributed by atoms with E-state index in [2.05, 4.69) is 0 Å². The lowest BCUT2D eigenvalue weighted by atomic mass is 9.82. The highest BCUT2D eigenvalue weighted by Gasteiger charge is 2.66. The number of hydrogen-bond donors (Lipinski definition) is 2. The minimum atomic E-state index is -2.78. The van der Waals surface area contributed by atoms with E-state index in [9.17, 15) is 19.5 Å². The summed E-state index contributed by atoms with van der Waals surface area (Å²) in [4.78, 5) is 42.6. The lowest BCUT2D eigenvalue weighted by Gasteiger charge is -2.32. The van der Waals surface area contributed by atoms with Gasteiger partial charge in [-0.3, -0.25) is 14.5 Å². The number of aliphatic hydroxyl groups excluding tert-OH is 1. The molecule has 4 aromatic carbocycles. The quantitative estimate of drug-likeness (QED) is 0.242. The van der Waals surface area contributed by atoms with Crippen molar-refractivity contribution in [1.82, 2.24) is 0 Å². The number of ether oxygens (including phenoxy) is 1. The second-order valence-electron chi connectivity index (χ2n) is 12.4. The van der Waals surface area contributed by atoms with Gasteiger partial charge in [0.2, 0.25) is 0 Å². The smallest absolute Gasteiger partial charge is 0.264 e. The number of rotatable bonds is 6. The fourth-order valence-electron chi connectivity index (χ4n) is 7.71. The van der Waals surface area contributed by atoms with Gasteiger partial charge in [-0.05, 0) is 72.9 Å². The summed E-state index contributed by atoms with van der Waals surface area (Å²) in [6, 6.07) is 24.9. The molecule has 0 aromatic heterocycles. The summed E-state index contributed by atoms with van der Waals surface area (Å²) < 4.78 is 6.64. The Balaban J connectivity index is 1.22. The molecule has 0 aliphatic carbocycles. The number of carbonyl (C=O) groups excluding carboxylic acids is 2. The van der Waals surface area contributed by atoms with Crippen molar-refractivity contribution in [2.45, 2.75) is 50.2 Å². The number of hydrogen-bond acceptors (Lipinski definition) is 5. The summed E-state index contributed by atoms with van der Waals surface area (Å²) in [5.74, 6) is -0.572. The Morgan fingerprint density at radius 3 is 2.40 bits per heavy atom. The van der Waals surface area contributed by atoms with Gasteiger partial charge in [0.05, 0.1) is 29.6 Å². The number of aliphatic hydroxyl groups is 1. The maximum Gasteiger partial charge on any atom is 0.264 e. The minimum Gasteiger partial charge on any atom is -0.432 e. The summed E-state index contributed by atoms with van der Waals surface area (Å²) >= 11 is 6.47. The first kappa shape index (κ1) is 28.2. The van der Waals surface area contributed by atoms with Gasteiger partial charge in [0, 0.05) is 39.7 Å². The third kappa shape index (κ3) is 4.12. The van der Waals surface area contributed by atoms with Crippen LogP contribution in [0.1, 0.15) is 34.8 Å². The number of halogens is 1. The molecule has 1 spiro atoms. The van der Waals surface area contributed by atoms with Crippen molar-refractivity contribution < 1.29 is 24.2 Å². The van der Waals surface area contributed by atoms with Crippen molar-refractivity contribution in [3.05, 3.63) is 101 Å². The van der Waals surface area contributed by atoms with E-state index in [1.807, 2.05) is 86.7 Å². The third-order valence-electron chi connectivity index (χ3n) is 9.45. The van der Waals surface area contributed by atoms with Gasteiger partial charge >= 0.3 is 0 Å². The summed E-state index contributed by atoms with van der Waals surface area (Å²) in [6.45, 7) is 5.90. The Kier molecular flexibility index (Phi) is 6.57. The molecule has 7 nitrogen and oxygen atoms in total. The van der Waals surface area contributed by atoms with Crippen LogP contribution >= 0.6 is 11.6 Å². The van der Waals surface area contributed by atoms with E-state index in [4.69, 9.17) is 16.3 Å². The molecular formula is C34H33ClN2O5Si. The largest absolute Gasteiger partial charge is 0.432 e. The SMILES string of the molecule is C[C@@H]1[C@@H]([Si](C)(C)O)[C@H](CCO)O[C@@]12C(=O)N(Cc1ccc(N3C(=O)c4cccc5cccc3c45)cc1)c1ccc(Cl)cc12. The highest BCUT2D eigenvalue weighted by Crippen LogP contribution is 2.60. The molecule has 1 saturated heterocycles. The molecule has 0 bridgehead atoms. The lowest BCUT2D eigenvalue weighted by Crippen LogP contribution is -2.46. The number of nitrogens with zero attached hydrogens (tertiary/aromatic N) is 2. The van der Waals surface area contributed by atoms with Crippen molar-refractivity contribution in [2.24, 2.45) is 5.92 Å². The molecule has 7 rings (SSSR count). The van der Waals surface area contributed by atoms with Crippen molar-refractivity contribution in [3.63, 3.8) is 0 Å². The normalized spacial score (nSPS) is 24.6. The Morgan fingerprint density at radius 1 is 0.977 bits per heavy atom.